The van der Waals surface area contributed by atoms with Crippen LogP contribution in [0.4, 0.5) is 5.00 Å². The lowest BCUT2D eigenvalue weighted by atomic mass is 9.79. The quantitative estimate of drug-likeness (QED) is 0.682. The van der Waals surface area contributed by atoms with Gasteiger partial charge in [-0.05, 0) is 54.9 Å². The SMILES string of the molecule is O=[N+]([O-])c1cc(CN[C@@H]2C[C@@H]3C[C@H]2[C@@H]2CCC[C@H]32)cs1. The fourth-order valence-electron chi connectivity index (χ4n) is 5.10. The molecule has 0 aromatic carbocycles. The van der Waals surface area contributed by atoms with Crippen LogP contribution < -0.4 is 5.32 Å². The van der Waals surface area contributed by atoms with Gasteiger partial charge in [0.2, 0.25) is 0 Å². The molecule has 4 rings (SSSR count). The first-order valence-corrected chi connectivity index (χ1v) is 8.55. The van der Waals surface area contributed by atoms with Crippen molar-refractivity contribution in [3.8, 4) is 0 Å². The van der Waals surface area contributed by atoms with Crippen LogP contribution in [0, 0.1) is 33.8 Å². The Balaban J connectivity index is 1.37. The third-order valence-electron chi connectivity index (χ3n) is 5.82. The van der Waals surface area contributed by atoms with E-state index in [1.54, 1.807) is 6.07 Å². The number of hydrogen-bond donors (Lipinski definition) is 1. The monoisotopic (exact) mass is 292 g/mol. The van der Waals surface area contributed by atoms with Crippen LogP contribution in [-0.4, -0.2) is 11.0 Å². The molecule has 2 bridgehead atoms. The average Bonchev–Trinajstić information content (AvgIpc) is 3.17. The van der Waals surface area contributed by atoms with Gasteiger partial charge in [0.05, 0.1) is 4.92 Å². The Morgan fingerprint density at radius 1 is 1.30 bits per heavy atom. The fraction of sp³-hybridized carbons (Fsp3) is 0.733. The molecule has 0 amide bonds. The molecule has 0 radical (unpaired) electrons. The highest BCUT2D eigenvalue weighted by Gasteiger charge is 2.53. The lowest BCUT2D eigenvalue weighted by molar-refractivity contribution is -0.380. The first kappa shape index (κ1) is 12.8. The molecule has 0 aliphatic heterocycles. The summed E-state index contributed by atoms with van der Waals surface area (Å²) >= 11 is 1.23. The minimum atomic E-state index is -0.297. The molecule has 0 spiro atoms. The molecule has 108 valence electrons. The molecule has 0 saturated heterocycles. The number of nitrogens with one attached hydrogen (secondary N) is 1. The highest BCUT2D eigenvalue weighted by molar-refractivity contribution is 7.13. The van der Waals surface area contributed by atoms with E-state index in [0.29, 0.717) is 6.04 Å². The zero-order chi connectivity index (χ0) is 13.7. The van der Waals surface area contributed by atoms with Gasteiger partial charge in [-0.1, -0.05) is 17.8 Å². The van der Waals surface area contributed by atoms with Gasteiger partial charge >= 0.3 is 5.00 Å². The van der Waals surface area contributed by atoms with Crippen LogP contribution >= 0.6 is 11.3 Å². The van der Waals surface area contributed by atoms with Gasteiger partial charge in [0.1, 0.15) is 0 Å². The molecule has 1 N–H and O–H groups in total. The molecule has 3 fully saturated rings. The van der Waals surface area contributed by atoms with Gasteiger partial charge in [0, 0.05) is 24.0 Å². The minimum absolute atomic E-state index is 0.255. The molecule has 3 aliphatic rings. The largest absolute Gasteiger partial charge is 0.324 e. The van der Waals surface area contributed by atoms with E-state index in [1.165, 1.54) is 43.4 Å². The van der Waals surface area contributed by atoms with E-state index < -0.39 is 0 Å². The number of hydrogen-bond acceptors (Lipinski definition) is 4. The summed E-state index contributed by atoms with van der Waals surface area (Å²) in [6.45, 7) is 0.787. The summed E-state index contributed by atoms with van der Waals surface area (Å²) in [4.78, 5) is 10.4. The van der Waals surface area contributed by atoms with Crippen molar-refractivity contribution in [3.63, 3.8) is 0 Å². The molecular weight excluding hydrogens is 272 g/mol. The summed E-state index contributed by atoms with van der Waals surface area (Å²) in [5.41, 5.74) is 1.06. The van der Waals surface area contributed by atoms with Gasteiger partial charge in [0.15, 0.2) is 0 Å². The van der Waals surface area contributed by atoms with Gasteiger partial charge in [-0.3, -0.25) is 10.1 Å². The number of fused-ring (bicyclic) bond motifs is 5. The van der Waals surface area contributed by atoms with Crippen molar-refractivity contribution in [2.45, 2.75) is 44.7 Å². The maximum atomic E-state index is 10.7. The second-order valence-electron chi connectivity index (χ2n) is 6.69. The summed E-state index contributed by atoms with van der Waals surface area (Å²) in [5, 5.41) is 16.5. The van der Waals surface area contributed by atoms with Crippen molar-refractivity contribution in [2.24, 2.45) is 23.7 Å². The van der Waals surface area contributed by atoms with Gasteiger partial charge in [-0.25, -0.2) is 0 Å². The lowest BCUT2D eigenvalue weighted by Crippen LogP contribution is -2.38. The van der Waals surface area contributed by atoms with Crippen LogP contribution in [-0.2, 0) is 6.54 Å². The smallest absolute Gasteiger partial charge is 0.310 e. The van der Waals surface area contributed by atoms with Crippen LogP contribution in [0.2, 0.25) is 0 Å². The van der Waals surface area contributed by atoms with Crippen LogP contribution in [0.1, 0.15) is 37.7 Å². The predicted molar refractivity (Wildman–Crippen MR) is 78.6 cm³/mol. The van der Waals surface area contributed by atoms with Gasteiger partial charge in [-0.15, -0.1) is 0 Å². The first-order valence-electron chi connectivity index (χ1n) is 7.67. The standard InChI is InChI=1S/C15H20N2O2S/c18-17(19)15-4-9(8-20-15)7-16-14-6-10-5-13(14)12-3-1-2-11(10)12/h4,8,10-14,16H,1-3,5-7H2/t10-,11+,12+,13-,14+/m0/s1. The van der Waals surface area contributed by atoms with E-state index in [2.05, 4.69) is 5.32 Å². The Labute approximate surface area is 122 Å². The number of rotatable bonds is 4. The Hall–Kier alpha value is -0.940. The molecule has 5 atom stereocenters. The van der Waals surface area contributed by atoms with E-state index in [0.717, 1.165) is 35.8 Å². The molecule has 4 nitrogen and oxygen atoms in total. The number of thiophene rings is 1. The maximum absolute atomic E-state index is 10.7. The second kappa shape index (κ2) is 4.81. The Morgan fingerprint density at radius 2 is 2.15 bits per heavy atom. The molecule has 1 heterocycles. The Bertz CT molecular complexity index is 530. The Morgan fingerprint density at radius 3 is 2.95 bits per heavy atom. The number of nitrogens with zero attached hydrogens (tertiary/aromatic N) is 1. The molecule has 5 heteroatoms. The van der Waals surface area contributed by atoms with Gasteiger partial charge in [0.25, 0.3) is 0 Å². The van der Waals surface area contributed by atoms with Crippen molar-refractivity contribution in [2.75, 3.05) is 0 Å². The molecule has 1 aromatic heterocycles. The van der Waals surface area contributed by atoms with Crippen LogP contribution in [0.5, 0.6) is 0 Å². The summed E-state index contributed by atoms with van der Waals surface area (Å²) in [6, 6.07) is 2.36. The highest BCUT2D eigenvalue weighted by Crippen LogP contribution is 2.58. The number of nitro groups is 1. The molecule has 1 aromatic rings. The van der Waals surface area contributed by atoms with E-state index in [4.69, 9.17) is 0 Å². The van der Waals surface area contributed by atoms with Crippen molar-refractivity contribution in [1.82, 2.24) is 5.32 Å². The molecule has 20 heavy (non-hydrogen) atoms. The molecule has 3 saturated carbocycles. The lowest BCUT2D eigenvalue weighted by Gasteiger charge is -2.32. The zero-order valence-electron chi connectivity index (χ0n) is 11.5. The topological polar surface area (TPSA) is 55.2 Å². The van der Waals surface area contributed by atoms with Crippen LogP contribution in [0.15, 0.2) is 11.4 Å². The third-order valence-corrected chi connectivity index (χ3v) is 6.75. The van der Waals surface area contributed by atoms with E-state index in [1.807, 2.05) is 5.38 Å². The first-order chi connectivity index (χ1) is 9.72. The zero-order valence-corrected chi connectivity index (χ0v) is 12.3. The maximum Gasteiger partial charge on any atom is 0.324 e. The van der Waals surface area contributed by atoms with Crippen molar-refractivity contribution in [1.29, 1.82) is 0 Å². The summed E-state index contributed by atoms with van der Waals surface area (Å²) in [6.07, 6.45) is 7.10. The normalized spacial score (nSPS) is 38.3. The van der Waals surface area contributed by atoms with Gasteiger partial charge in [-0.2, -0.15) is 0 Å². The third kappa shape index (κ3) is 1.99. The highest BCUT2D eigenvalue weighted by atomic mass is 32.1. The van der Waals surface area contributed by atoms with E-state index in [9.17, 15) is 10.1 Å². The summed E-state index contributed by atoms with van der Waals surface area (Å²) < 4.78 is 0. The Kier molecular flexibility index (Phi) is 3.07. The van der Waals surface area contributed by atoms with Crippen molar-refractivity contribution >= 4 is 16.3 Å². The molecule has 3 aliphatic carbocycles. The van der Waals surface area contributed by atoms with Crippen molar-refractivity contribution < 1.29 is 4.92 Å². The minimum Gasteiger partial charge on any atom is -0.310 e. The predicted octanol–water partition coefficient (Wildman–Crippen LogP) is 3.57. The molecule has 0 unspecified atom stereocenters. The molecular formula is C15H20N2O2S. The fourth-order valence-corrected chi connectivity index (χ4v) is 5.83. The van der Waals surface area contributed by atoms with E-state index in [-0.39, 0.29) is 9.92 Å². The summed E-state index contributed by atoms with van der Waals surface area (Å²) in [5.74, 6) is 3.84. The summed E-state index contributed by atoms with van der Waals surface area (Å²) in [7, 11) is 0. The van der Waals surface area contributed by atoms with Crippen LogP contribution in [0.25, 0.3) is 0 Å². The van der Waals surface area contributed by atoms with E-state index >= 15 is 0 Å². The average molecular weight is 292 g/mol. The van der Waals surface area contributed by atoms with Crippen molar-refractivity contribution in [3.05, 3.63) is 27.1 Å². The second-order valence-corrected chi connectivity index (χ2v) is 7.58. The van der Waals surface area contributed by atoms with Crippen LogP contribution in [0.3, 0.4) is 0 Å². The van der Waals surface area contributed by atoms with Gasteiger partial charge < -0.3 is 5.32 Å².